The van der Waals surface area contributed by atoms with Crippen molar-refractivity contribution in [3.63, 3.8) is 0 Å². The Kier molecular flexibility index (Phi) is 3.92. The summed E-state index contributed by atoms with van der Waals surface area (Å²) in [6.45, 7) is 8.43. The molecule has 0 amide bonds. The van der Waals surface area contributed by atoms with Crippen LogP contribution in [0.5, 0.6) is 0 Å². The van der Waals surface area contributed by atoms with Crippen LogP contribution in [0.4, 0.5) is 0 Å². The molecule has 3 nitrogen and oxygen atoms in total. The maximum atomic E-state index is 9.10. The van der Waals surface area contributed by atoms with Crippen LogP contribution < -0.4 is 0 Å². The molecule has 2 aliphatic rings. The lowest BCUT2D eigenvalue weighted by Crippen LogP contribution is -2.37. The van der Waals surface area contributed by atoms with Crippen molar-refractivity contribution in [2.45, 2.75) is 31.1 Å². The molecule has 0 aromatic rings. The van der Waals surface area contributed by atoms with Crippen LogP contribution in [0.3, 0.4) is 0 Å². The number of rotatable bonds is 2. The standard InChI is InChI=1S/C12H20N2OS/c1-3-11-9(2)16-12(13-11)14-6-4-10(8-15)5-7-14/h3,9-11,15H,1,4-8H2,2H3. The molecule has 16 heavy (non-hydrogen) atoms. The van der Waals surface area contributed by atoms with Crippen molar-refractivity contribution >= 4 is 16.9 Å². The van der Waals surface area contributed by atoms with E-state index in [0.717, 1.165) is 25.9 Å². The summed E-state index contributed by atoms with van der Waals surface area (Å²) in [7, 11) is 0. The molecule has 2 aliphatic heterocycles. The summed E-state index contributed by atoms with van der Waals surface area (Å²) < 4.78 is 0. The number of aliphatic hydroxyl groups excluding tert-OH is 1. The zero-order valence-corrected chi connectivity index (χ0v) is 10.6. The zero-order chi connectivity index (χ0) is 11.5. The number of hydrogen-bond donors (Lipinski definition) is 1. The van der Waals surface area contributed by atoms with Gasteiger partial charge in [-0.2, -0.15) is 0 Å². The fourth-order valence-electron chi connectivity index (χ4n) is 2.21. The second-order valence-corrected chi connectivity index (χ2v) is 5.92. The topological polar surface area (TPSA) is 35.8 Å². The van der Waals surface area contributed by atoms with Crippen LogP contribution >= 0.6 is 11.8 Å². The summed E-state index contributed by atoms with van der Waals surface area (Å²) in [5.41, 5.74) is 0. The van der Waals surface area contributed by atoms with Gasteiger partial charge in [-0.25, -0.2) is 0 Å². The van der Waals surface area contributed by atoms with Gasteiger partial charge in [-0.1, -0.05) is 24.8 Å². The summed E-state index contributed by atoms with van der Waals surface area (Å²) >= 11 is 1.86. The Morgan fingerprint density at radius 1 is 1.56 bits per heavy atom. The van der Waals surface area contributed by atoms with Crippen LogP contribution in [-0.2, 0) is 0 Å². The van der Waals surface area contributed by atoms with Crippen molar-refractivity contribution < 1.29 is 5.11 Å². The number of amidine groups is 1. The molecule has 0 radical (unpaired) electrons. The molecule has 1 N–H and O–H groups in total. The molecule has 0 aliphatic carbocycles. The lowest BCUT2D eigenvalue weighted by atomic mass is 9.98. The quantitative estimate of drug-likeness (QED) is 0.747. The Hall–Kier alpha value is -0.480. The maximum Gasteiger partial charge on any atom is 0.160 e. The highest BCUT2D eigenvalue weighted by molar-refractivity contribution is 8.14. The van der Waals surface area contributed by atoms with Gasteiger partial charge in [0.1, 0.15) is 0 Å². The van der Waals surface area contributed by atoms with Crippen molar-refractivity contribution in [2.24, 2.45) is 10.9 Å². The summed E-state index contributed by atoms with van der Waals surface area (Å²) in [5.74, 6) is 0.496. The molecule has 2 atom stereocenters. The molecule has 4 heteroatoms. The molecule has 0 saturated carbocycles. The molecule has 90 valence electrons. The first-order valence-electron chi connectivity index (χ1n) is 5.97. The van der Waals surface area contributed by atoms with Crippen LogP contribution in [0.2, 0.25) is 0 Å². The molecule has 2 unspecified atom stereocenters. The van der Waals surface area contributed by atoms with Gasteiger partial charge < -0.3 is 10.0 Å². The van der Waals surface area contributed by atoms with Crippen LogP contribution in [0.1, 0.15) is 19.8 Å². The van der Waals surface area contributed by atoms with E-state index in [0.29, 0.717) is 17.8 Å². The minimum absolute atomic E-state index is 0.274. The van der Waals surface area contributed by atoms with E-state index in [1.807, 2.05) is 17.8 Å². The lowest BCUT2D eigenvalue weighted by Gasteiger charge is -2.32. The van der Waals surface area contributed by atoms with Gasteiger partial charge >= 0.3 is 0 Å². The molecular weight excluding hydrogens is 220 g/mol. The number of likely N-dealkylation sites (tertiary alicyclic amines) is 1. The highest BCUT2D eigenvalue weighted by atomic mass is 32.2. The third-order valence-electron chi connectivity index (χ3n) is 3.42. The van der Waals surface area contributed by atoms with Gasteiger partial charge in [0, 0.05) is 24.9 Å². The second kappa shape index (κ2) is 5.23. The first-order chi connectivity index (χ1) is 7.74. The second-order valence-electron chi connectivity index (χ2n) is 4.57. The normalized spacial score (nSPS) is 31.6. The van der Waals surface area contributed by atoms with Gasteiger partial charge in [0.2, 0.25) is 0 Å². The first-order valence-corrected chi connectivity index (χ1v) is 6.85. The molecule has 0 bridgehead atoms. The summed E-state index contributed by atoms with van der Waals surface area (Å²) in [4.78, 5) is 7.05. The van der Waals surface area contributed by atoms with Gasteiger partial charge in [-0.05, 0) is 18.8 Å². The molecule has 2 heterocycles. The Balaban J connectivity index is 1.92. The highest BCUT2D eigenvalue weighted by Crippen LogP contribution is 2.31. The Morgan fingerprint density at radius 2 is 2.25 bits per heavy atom. The molecular formula is C12H20N2OS. The van der Waals surface area contributed by atoms with Crippen LogP contribution in [0, 0.1) is 5.92 Å². The summed E-state index contributed by atoms with van der Waals surface area (Å²) in [5, 5.41) is 10.8. The predicted molar refractivity (Wildman–Crippen MR) is 69.9 cm³/mol. The Labute approximate surface area is 102 Å². The lowest BCUT2D eigenvalue weighted by molar-refractivity contribution is 0.167. The minimum Gasteiger partial charge on any atom is -0.396 e. The third kappa shape index (κ3) is 2.43. The Morgan fingerprint density at radius 3 is 2.75 bits per heavy atom. The zero-order valence-electron chi connectivity index (χ0n) is 9.80. The number of hydrogen-bond acceptors (Lipinski definition) is 4. The molecule has 2 rings (SSSR count). The fourth-order valence-corrected chi connectivity index (χ4v) is 3.36. The van der Waals surface area contributed by atoms with Gasteiger partial charge in [0.15, 0.2) is 5.17 Å². The maximum absolute atomic E-state index is 9.10. The van der Waals surface area contributed by atoms with E-state index < -0.39 is 0 Å². The van der Waals surface area contributed by atoms with Crippen molar-refractivity contribution in [1.29, 1.82) is 0 Å². The summed E-state index contributed by atoms with van der Waals surface area (Å²) in [6, 6.07) is 0.274. The monoisotopic (exact) mass is 240 g/mol. The van der Waals surface area contributed by atoms with Crippen LogP contribution in [0.15, 0.2) is 17.6 Å². The first kappa shape index (κ1) is 12.0. The van der Waals surface area contributed by atoms with E-state index in [9.17, 15) is 0 Å². The van der Waals surface area contributed by atoms with Crippen molar-refractivity contribution in [3.8, 4) is 0 Å². The van der Waals surface area contributed by atoms with E-state index in [1.165, 1.54) is 5.17 Å². The molecule has 0 aromatic carbocycles. The molecule has 0 aromatic heterocycles. The van der Waals surface area contributed by atoms with Crippen LogP contribution in [0.25, 0.3) is 0 Å². The number of aliphatic hydroxyl groups is 1. The third-order valence-corrected chi connectivity index (χ3v) is 4.64. The average Bonchev–Trinajstić information content (AvgIpc) is 2.71. The van der Waals surface area contributed by atoms with Gasteiger partial charge in [-0.15, -0.1) is 6.58 Å². The minimum atomic E-state index is 0.274. The molecule has 1 fully saturated rings. The largest absolute Gasteiger partial charge is 0.396 e. The predicted octanol–water partition coefficient (Wildman–Crippen LogP) is 1.74. The van der Waals surface area contributed by atoms with Gasteiger partial charge in [0.05, 0.1) is 6.04 Å². The summed E-state index contributed by atoms with van der Waals surface area (Å²) in [6.07, 6.45) is 4.11. The van der Waals surface area contributed by atoms with E-state index in [2.05, 4.69) is 23.4 Å². The number of thioether (sulfide) groups is 1. The number of nitrogens with zero attached hydrogens (tertiary/aromatic N) is 2. The smallest absolute Gasteiger partial charge is 0.160 e. The van der Waals surface area contributed by atoms with Crippen molar-refractivity contribution in [1.82, 2.24) is 4.90 Å². The van der Waals surface area contributed by atoms with Crippen molar-refractivity contribution in [2.75, 3.05) is 19.7 Å². The van der Waals surface area contributed by atoms with E-state index >= 15 is 0 Å². The van der Waals surface area contributed by atoms with Gasteiger partial charge in [-0.3, -0.25) is 4.99 Å². The van der Waals surface area contributed by atoms with E-state index in [4.69, 9.17) is 5.11 Å². The Bertz CT molecular complexity index is 285. The fraction of sp³-hybridized carbons (Fsp3) is 0.750. The van der Waals surface area contributed by atoms with E-state index in [1.54, 1.807) is 0 Å². The number of piperidine rings is 1. The average molecular weight is 240 g/mol. The van der Waals surface area contributed by atoms with Gasteiger partial charge in [0.25, 0.3) is 0 Å². The van der Waals surface area contributed by atoms with E-state index in [-0.39, 0.29) is 6.04 Å². The molecule has 0 spiro atoms. The van der Waals surface area contributed by atoms with Crippen molar-refractivity contribution in [3.05, 3.63) is 12.7 Å². The highest BCUT2D eigenvalue weighted by Gasteiger charge is 2.29. The molecule has 1 saturated heterocycles. The number of aliphatic imine (C=N–C) groups is 1. The SMILES string of the molecule is C=CC1N=C(N2CCC(CO)CC2)SC1C. The van der Waals surface area contributed by atoms with Crippen LogP contribution in [-0.4, -0.2) is 46.2 Å².